The average Bonchev–Trinajstić information content (AvgIpc) is 3.47. The molecular formula is C33H36N4O4S. The number of benzene rings is 3. The highest BCUT2D eigenvalue weighted by atomic mass is 32.1. The van der Waals surface area contributed by atoms with Gasteiger partial charge in [-0.2, -0.15) is 0 Å². The van der Waals surface area contributed by atoms with E-state index < -0.39 is 18.0 Å². The molecule has 0 saturated carbocycles. The number of para-hydroxylation sites is 1. The van der Waals surface area contributed by atoms with Crippen LogP contribution in [0.15, 0.2) is 84.2 Å². The van der Waals surface area contributed by atoms with Gasteiger partial charge in [0.25, 0.3) is 0 Å². The Kier molecular flexibility index (Phi) is 9.63. The van der Waals surface area contributed by atoms with Gasteiger partial charge in [0.15, 0.2) is 0 Å². The van der Waals surface area contributed by atoms with Gasteiger partial charge >= 0.3 is 6.09 Å². The lowest BCUT2D eigenvalue weighted by Gasteiger charge is -2.32. The number of hydrogen-bond acceptors (Lipinski definition) is 7. The molecule has 0 radical (unpaired) electrons. The van der Waals surface area contributed by atoms with E-state index in [1.54, 1.807) is 11.3 Å². The van der Waals surface area contributed by atoms with E-state index in [1.807, 2.05) is 85.8 Å². The third kappa shape index (κ3) is 7.05. The summed E-state index contributed by atoms with van der Waals surface area (Å²) in [5.74, 6) is -0.606. The lowest BCUT2D eigenvalue weighted by molar-refractivity contribution is -0.119. The van der Waals surface area contributed by atoms with Gasteiger partial charge in [-0.3, -0.25) is 9.69 Å². The Morgan fingerprint density at radius 1 is 1.07 bits per heavy atom. The number of rotatable bonds is 10. The number of nitrogens with one attached hydrogen (secondary N) is 1. The van der Waals surface area contributed by atoms with E-state index in [9.17, 15) is 9.59 Å². The van der Waals surface area contributed by atoms with Crippen molar-refractivity contribution in [2.45, 2.75) is 44.4 Å². The molecule has 2 heterocycles. The van der Waals surface area contributed by atoms with E-state index in [1.165, 1.54) is 12.0 Å². The average molecular weight is 585 g/mol. The maximum absolute atomic E-state index is 13.2. The number of anilines is 1. The summed E-state index contributed by atoms with van der Waals surface area (Å²) in [6.07, 6.45) is 1.01. The minimum absolute atomic E-state index is 0.00989. The number of ether oxygens (including phenoxy) is 2. The molecule has 0 unspecified atom stereocenters. The molecule has 8 nitrogen and oxygen atoms in total. The van der Waals surface area contributed by atoms with Crippen LogP contribution in [0.5, 0.6) is 0 Å². The van der Waals surface area contributed by atoms with Crippen LogP contribution in [-0.4, -0.2) is 49.4 Å². The maximum atomic E-state index is 13.2. The van der Waals surface area contributed by atoms with Crippen molar-refractivity contribution in [2.75, 3.05) is 25.2 Å². The van der Waals surface area contributed by atoms with Crippen LogP contribution >= 0.6 is 11.3 Å². The van der Waals surface area contributed by atoms with Crippen LogP contribution in [0, 0.1) is 6.92 Å². The number of hydrogen-bond donors (Lipinski definition) is 2. The number of aromatic nitrogens is 1. The van der Waals surface area contributed by atoms with Gasteiger partial charge in [0.05, 0.1) is 42.3 Å². The largest absolute Gasteiger partial charge is 0.452 e. The predicted molar refractivity (Wildman–Crippen MR) is 166 cm³/mol. The Morgan fingerprint density at radius 3 is 2.43 bits per heavy atom. The SMILES string of the molecule is COC(=O)N(c1ccccc1CC[C@@H]1CN[C@H](c2csc(C)n2)CO1)[C@@H](Cc1ccc(-c2ccccc2)cc1)C(N)=O. The van der Waals surface area contributed by atoms with Gasteiger partial charge in [-0.05, 0) is 48.1 Å². The maximum Gasteiger partial charge on any atom is 0.414 e. The molecule has 0 aliphatic carbocycles. The zero-order chi connectivity index (χ0) is 29.5. The molecule has 1 aromatic heterocycles. The Bertz CT molecular complexity index is 1480. The Hall–Kier alpha value is -4.05. The van der Waals surface area contributed by atoms with Crippen molar-refractivity contribution in [3.8, 4) is 11.1 Å². The van der Waals surface area contributed by atoms with Gasteiger partial charge in [0.1, 0.15) is 6.04 Å². The molecule has 1 aliphatic rings. The fourth-order valence-corrected chi connectivity index (χ4v) is 5.98. The summed E-state index contributed by atoms with van der Waals surface area (Å²) in [6.45, 7) is 3.25. The molecule has 2 amide bonds. The highest BCUT2D eigenvalue weighted by Crippen LogP contribution is 2.29. The van der Waals surface area contributed by atoms with Crippen molar-refractivity contribution in [1.29, 1.82) is 0 Å². The number of methoxy groups -OCH3 is 1. The van der Waals surface area contributed by atoms with Crippen molar-refractivity contribution in [3.63, 3.8) is 0 Å². The summed E-state index contributed by atoms with van der Waals surface area (Å²) in [5, 5.41) is 6.66. The van der Waals surface area contributed by atoms with Gasteiger partial charge in [-0.25, -0.2) is 9.78 Å². The number of primary amides is 1. The molecule has 218 valence electrons. The molecule has 1 aliphatic heterocycles. The number of thiazole rings is 1. The van der Waals surface area contributed by atoms with E-state index in [2.05, 4.69) is 15.7 Å². The number of nitrogens with zero attached hydrogens (tertiary/aromatic N) is 2. The summed E-state index contributed by atoms with van der Waals surface area (Å²) < 4.78 is 11.3. The summed E-state index contributed by atoms with van der Waals surface area (Å²) >= 11 is 1.64. The van der Waals surface area contributed by atoms with Gasteiger partial charge < -0.3 is 20.5 Å². The number of nitrogens with two attached hydrogens (primary N) is 1. The normalized spacial score (nSPS) is 17.4. The van der Waals surface area contributed by atoms with Crippen LogP contribution in [0.4, 0.5) is 10.5 Å². The zero-order valence-corrected chi connectivity index (χ0v) is 24.7. The standard InChI is InChI=1S/C33H36N4O4S/c1-22-36-29(21-42-22)28-20-41-27(19-35-28)17-16-26-10-6-7-11-30(26)37(33(39)40-2)31(32(34)38)18-23-12-14-25(15-13-23)24-8-4-3-5-9-24/h3-15,21,27-28,31,35H,16-20H2,1-2H3,(H2,34,38)/t27-,28+,31+/m1/s1. The molecule has 0 spiro atoms. The van der Waals surface area contributed by atoms with Crippen molar-refractivity contribution in [2.24, 2.45) is 5.73 Å². The predicted octanol–water partition coefficient (Wildman–Crippen LogP) is 5.45. The first-order chi connectivity index (χ1) is 20.4. The quantitative estimate of drug-likeness (QED) is 0.257. The van der Waals surface area contributed by atoms with Crippen LogP contribution in [0.25, 0.3) is 11.1 Å². The topological polar surface area (TPSA) is 107 Å². The summed E-state index contributed by atoms with van der Waals surface area (Å²) in [4.78, 5) is 32.0. The Morgan fingerprint density at radius 2 is 1.79 bits per heavy atom. The molecular weight excluding hydrogens is 548 g/mol. The molecule has 3 atom stereocenters. The summed E-state index contributed by atoms with van der Waals surface area (Å²) in [7, 11) is 1.31. The number of aryl methyl sites for hydroxylation is 2. The van der Waals surface area contributed by atoms with E-state index in [0.717, 1.165) is 39.4 Å². The van der Waals surface area contributed by atoms with Crippen LogP contribution in [0.3, 0.4) is 0 Å². The van der Waals surface area contributed by atoms with Gasteiger partial charge in [0, 0.05) is 18.3 Å². The first-order valence-corrected chi connectivity index (χ1v) is 15.0. The van der Waals surface area contributed by atoms with Gasteiger partial charge in [-0.15, -0.1) is 11.3 Å². The van der Waals surface area contributed by atoms with Crippen molar-refractivity contribution in [3.05, 3.63) is 106 Å². The minimum atomic E-state index is -0.934. The number of carbonyl (C=O) groups excluding carboxylic acids is 2. The molecule has 4 aromatic rings. The van der Waals surface area contributed by atoms with Crippen LogP contribution in [0.1, 0.15) is 34.3 Å². The van der Waals surface area contributed by atoms with E-state index in [0.29, 0.717) is 25.3 Å². The molecule has 9 heteroatoms. The fourth-order valence-electron chi connectivity index (χ4n) is 5.31. The van der Waals surface area contributed by atoms with Crippen LogP contribution < -0.4 is 16.0 Å². The van der Waals surface area contributed by atoms with Crippen molar-refractivity contribution in [1.82, 2.24) is 10.3 Å². The molecule has 1 saturated heterocycles. The zero-order valence-electron chi connectivity index (χ0n) is 23.9. The monoisotopic (exact) mass is 584 g/mol. The highest BCUT2D eigenvalue weighted by Gasteiger charge is 2.32. The van der Waals surface area contributed by atoms with Crippen LogP contribution in [0.2, 0.25) is 0 Å². The molecule has 5 rings (SSSR count). The van der Waals surface area contributed by atoms with Crippen molar-refractivity contribution >= 4 is 29.0 Å². The smallest absolute Gasteiger partial charge is 0.414 e. The lowest BCUT2D eigenvalue weighted by atomic mass is 9.98. The van der Waals surface area contributed by atoms with Gasteiger partial charge in [-0.1, -0.05) is 72.8 Å². The fraction of sp³-hybridized carbons (Fsp3) is 0.303. The van der Waals surface area contributed by atoms with Gasteiger partial charge in [0.2, 0.25) is 5.91 Å². The van der Waals surface area contributed by atoms with E-state index >= 15 is 0 Å². The lowest BCUT2D eigenvalue weighted by Crippen LogP contribution is -2.50. The minimum Gasteiger partial charge on any atom is -0.452 e. The van der Waals surface area contributed by atoms with E-state index in [-0.39, 0.29) is 18.6 Å². The van der Waals surface area contributed by atoms with E-state index in [4.69, 9.17) is 15.2 Å². The molecule has 42 heavy (non-hydrogen) atoms. The second-order valence-electron chi connectivity index (χ2n) is 10.4. The highest BCUT2D eigenvalue weighted by molar-refractivity contribution is 7.09. The van der Waals surface area contributed by atoms with Crippen molar-refractivity contribution < 1.29 is 19.1 Å². The molecule has 0 bridgehead atoms. The third-order valence-electron chi connectivity index (χ3n) is 7.57. The second-order valence-corrected chi connectivity index (χ2v) is 11.5. The molecule has 3 aromatic carbocycles. The first kappa shape index (κ1) is 29.4. The Balaban J connectivity index is 1.30. The number of morpholine rings is 1. The molecule has 1 fully saturated rings. The Labute approximate surface area is 250 Å². The second kappa shape index (κ2) is 13.7. The summed E-state index contributed by atoms with van der Waals surface area (Å²) in [5.41, 5.74) is 11.5. The number of carbonyl (C=O) groups is 2. The third-order valence-corrected chi connectivity index (χ3v) is 8.36. The first-order valence-electron chi connectivity index (χ1n) is 14.1. The molecule has 3 N–H and O–H groups in total. The number of amides is 2. The van der Waals surface area contributed by atoms with Crippen LogP contribution in [-0.2, 0) is 27.1 Å². The summed E-state index contributed by atoms with van der Waals surface area (Å²) in [6, 6.07) is 24.8.